The molecule has 0 heterocycles. The van der Waals surface area contributed by atoms with Gasteiger partial charge < -0.3 is 25.2 Å². The molecule has 0 aromatic heterocycles. The number of unbranched alkanes of at least 4 members (excludes halogenated alkanes) is 1. The minimum atomic E-state index is -0.989. The van der Waals surface area contributed by atoms with Crippen LogP contribution in [0.3, 0.4) is 0 Å². The zero-order chi connectivity index (χ0) is 23.5. The number of aromatic hydroxyl groups is 1. The summed E-state index contributed by atoms with van der Waals surface area (Å²) in [6.45, 7) is 2.12. The summed E-state index contributed by atoms with van der Waals surface area (Å²) in [6.07, 6.45) is 3.15. The monoisotopic (exact) mass is 480 g/mol. The maximum absolute atomic E-state index is 10.7. The highest BCUT2D eigenvalue weighted by Gasteiger charge is 2.18. The smallest absolute Gasteiger partial charge is 0.140 e. The number of benzene rings is 2. The molecule has 4 N–H and O–H groups in total. The summed E-state index contributed by atoms with van der Waals surface area (Å²) >= 11 is 12.0. The molecular weight excluding hydrogens is 451 g/mol. The van der Waals surface area contributed by atoms with Gasteiger partial charge in [-0.2, -0.15) is 0 Å². The van der Waals surface area contributed by atoms with Crippen LogP contribution in [0.4, 0.5) is 0 Å². The first-order valence-electron chi connectivity index (χ1n) is 10.7. The molecule has 0 aliphatic heterocycles. The van der Waals surface area contributed by atoms with E-state index in [-0.39, 0.29) is 36.0 Å². The Morgan fingerprint density at radius 1 is 1.12 bits per heavy atom. The molecule has 0 amide bonds. The van der Waals surface area contributed by atoms with Gasteiger partial charge in [-0.05, 0) is 42.7 Å². The van der Waals surface area contributed by atoms with Crippen molar-refractivity contribution in [3.63, 3.8) is 0 Å². The molecule has 0 fully saturated rings. The predicted molar refractivity (Wildman–Crippen MR) is 127 cm³/mol. The number of hydrogen-bond acceptors (Lipinski definition) is 5. The fourth-order valence-electron chi connectivity index (χ4n) is 3.29. The van der Waals surface area contributed by atoms with Gasteiger partial charge in [-0.25, -0.2) is 0 Å². The first-order chi connectivity index (χ1) is 15.4. The van der Waals surface area contributed by atoms with Crippen molar-refractivity contribution in [2.45, 2.75) is 51.2 Å². The molecular formula is C25H30Cl2O5. The zero-order valence-corrected chi connectivity index (χ0v) is 19.6. The van der Waals surface area contributed by atoms with Crippen molar-refractivity contribution in [3.05, 3.63) is 75.0 Å². The van der Waals surface area contributed by atoms with Crippen molar-refractivity contribution >= 4 is 23.2 Å². The van der Waals surface area contributed by atoms with Crippen LogP contribution in [-0.2, 0) is 0 Å². The lowest BCUT2D eigenvalue weighted by Gasteiger charge is -2.16. The fourth-order valence-corrected chi connectivity index (χ4v) is 3.80. The van der Waals surface area contributed by atoms with E-state index in [2.05, 4.69) is 12.7 Å². The van der Waals surface area contributed by atoms with Crippen LogP contribution in [0.2, 0.25) is 10.0 Å². The van der Waals surface area contributed by atoms with Crippen LogP contribution in [0, 0.1) is 0 Å². The summed E-state index contributed by atoms with van der Waals surface area (Å²) in [5.41, 5.74) is 4.98. The van der Waals surface area contributed by atoms with Crippen molar-refractivity contribution < 1.29 is 25.2 Å². The predicted octanol–water partition coefficient (Wildman–Crippen LogP) is 5.89. The van der Waals surface area contributed by atoms with Gasteiger partial charge in [0.1, 0.15) is 18.1 Å². The summed E-state index contributed by atoms with van der Waals surface area (Å²) in [4.78, 5) is 0. The lowest BCUT2D eigenvalue weighted by atomic mass is 9.97. The standard InChI is InChI=1S/C25H30Cl2O5/c1-2-3-7-17(14-23(30)20-15-18(26)16-21(27)25(20)31)8-6-10-22(29)19-9-4-5-11-24(19)32-13-12-28/h4-6,9,11,15-16,22-23,28-31H,2-3,7,10,12-14H2,1H3/t8?,22-,23-/m0/s1. The SMILES string of the molecule is CCCCC(=C=CC[C@H](O)c1ccccc1OCCO)C[C@H](O)c1cc(Cl)cc(Cl)c1O. The number of aliphatic hydroxyl groups excluding tert-OH is 3. The third-order valence-electron chi connectivity index (χ3n) is 4.96. The van der Waals surface area contributed by atoms with Crippen LogP contribution < -0.4 is 4.74 Å². The molecule has 7 heteroatoms. The summed E-state index contributed by atoms with van der Waals surface area (Å²) in [5.74, 6) is 0.346. The Morgan fingerprint density at radius 2 is 1.88 bits per heavy atom. The van der Waals surface area contributed by atoms with Gasteiger partial charge in [0.25, 0.3) is 0 Å². The molecule has 0 bridgehead atoms. The maximum atomic E-state index is 10.7. The Hall–Kier alpha value is -1.98. The second kappa shape index (κ2) is 13.5. The normalized spacial score (nSPS) is 12.7. The van der Waals surface area contributed by atoms with Crippen molar-refractivity contribution in [3.8, 4) is 11.5 Å². The van der Waals surface area contributed by atoms with Crippen LogP contribution in [-0.4, -0.2) is 33.6 Å². The average Bonchev–Trinajstić information content (AvgIpc) is 2.78. The zero-order valence-electron chi connectivity index (χ0n) is 18.1. The molecule has 2 rings (SSSR count). The van der Waals surface area contributed by atoms with Crippen LogP contribution >= 0.6 is 23.2 Å². The summed E-state index contributed by atoms with van der Waals surface area (Å²) < 4.78 is 5.49. The Kier molecular flexibility index (Phi) is 11.1. The minimum Gasteiger partial charge on any atom is -0.506 e. The number of halogens is 2. The maximum Gasteiger partial charge on any atom is 0.140 e. The number of hydrogen-bond donors (Lipinski definition) is 4. The number of aliphatic hydroxyl groups is 3. The van der Waals surface area contributed by atoms with Gasteiger partial charge in [0, 0.05) is 29.0 Å². The molecule has 0 radical (unpaired) electrons. The minimum absolute atomic E-state index is 0.0892. The molecule has 0 aliphatic rings. The van der Waals surface area contributed by atoms with Crippen molar-refractivity contribution in [1.29, 1.82) is 0 Å². The van der Waals surface area contributed by atoms with Gasteiger partial charge in [0.2, 0.25) is 0 Å². The van der Waals surface area contributed by atoms with Gasteiger partial charge in [-0.15, -0.1) is 5.73 Å². The van der Waals surface area contributed by atoms with Crippen molar-refractivity contribution in [2.24, 2.45) is 0 Å². The number of ether oxygens (including phenoxy) is 1. The molecule has 2 aromatic carbocycles. The molecule has 0 unspecified atom stereocenters. The molecule has 174 valence electrons. The number of rotatable bonds is 12. The topological polar surface area (TPSA) is 90.2 Å². The number of phenolic OH excluding ortho intramolecular Hbond substituents is 1. The lowest BCUT2D eigenvalue weighted by molar-refractivity contribution is 0.166. The summed E-state index contributed by atoms with van der Waals surface area (Å²) in [7, 11) is 0. The Morgan fingerprint density at radius 3 is 2.59 bits per heavy atom. The fraction of sp³-hybridized carbons (Fsp3) is 0.400. The van der Waals surface area contributed by atoms with Crippen LogP contribution in [0.25, 0.3) is 0 Å². The van der Waals surface area contributed by atoms with Crippen LogP contribution in [0.5, 0.6) is 11.5 Å². The van der Waals surface area contributed by atoms with E-state index in [4.69, 9.17) is 33.0 Å². The molecule has 0 saturated carbocycles. The molecule has 32 heavy (non-hydrogen) atoms. The van der Waals surface area contributed by atoms with E-state index in [0.717, 1.165) is 24.8 Å². The summed E-state index contributed by atoms with van der Waals surface area (Å²) in [5, 5.41) is 40.9. The highest BCUT2D eigenvalue weighted by atomic mass is 35.5. The molecule has 0 spiro atoms. The van der Waals surface area contributed by atoms with Crippen LogP contribution in [0.1, 0.15) is 62.4 Å². The highest BCUT2D eigenvalue weighted by molar-refractivity contribution is 6.35. The van der Waals surface area contributed by atoms with E-state index in [1.54, 1.807) is 24.3 Å². The molecule has 2 aromatic rings. The van der Waals surface area contributed by atoms with Crippen LogP contribution in [0.15, 0.2) is 53.8 Å². The molecule has 0 aliphatic carbocycles. The third kappa shape index (κ3) is 7.86. The first-order valence-corrected chi connectivity index (χ1v) is 11.4. The lowest BCUT2D eigenvalue weighted by Crippen LogP contribution is -2.06. The molecule has 0 saturated heterocycles. The van der Waals surface area contributed by atoms with Gasteiger partial charge in [0.15, 0.2) is 0 Å². The van der Waals surface area contributed by atoms with Crippen molar-refractivity contribution in [2.75, 3.05) is 13.2 Å². The van der Waals surface area contributed by atoms with Gasteiger partial charge in [-0.3, -0.25) is 0 Å². The molecule has 5 nitrogen and oxygen atoms in total. The quantitative estimate of drug-likeness (QED) is 0.284. The van der Waals surface area contributed by atoms with E-state index in [1.807, 2.05) is 6.07 Å². The van der Waals surface area contributed by atoms with Gasteiger partial charge in [0.05, 0.1) is 23.8 Å². The Balaban J connectivity index is 2.17. The summed E-state index contributed by atoms with van der Waals surface area (Å²) in [6, 6.07) is 10.1. The second-order valence-electron chi connectivity index (χ2n) is 7.46. The largest absolute Gasteiger partial charge is 0.506 e. The molecule has 2 atom stereocenters. The van der Waals surface area contributed by atoms with Gasteiger partial charge in [-0.1, -0.05) is 54.7 Å². The van der Waals surface area contributed by atoms with Crippen molar-refractivity contribution in [1.82, 2.24) is 0 Å². The second-order valence-corrected chi connectivity index (χ2v) is 8.31. The number of para-hydroxylation sites is 1. The Labute approximate surface area is 199 Å². The third-order valence-corrected chi connectivity index (χ3v) is 5.47. The number of phenols is 1. The highest BCUT2D eigenvalue weighted by Crippen LogP contribution is 2.37. The van der Waals surface area contributed by atoms with E-state index >= 15 is 0 Å². The van der Waals surface area contributed by atoms with E-state index in [0.29, 0.717) is 22.8 Å². The van der Waals surface area contributed by atoms with E-state index in [1.165, 1.54) is 12.1 Å². The van der Waals surface area contributed by atoms with E-state index in [9.17, 15) is 15.3 Å². The first kappa shape index (κ1) is 26.3. The van der Waals surface area contributed by atoms with E-state index < -0.39 is 12.2 Å². The Bertz CT molecular complexity index is 938. The average molecular weight is 481 g/mol. The van der Waals surface area contributed by atoms with Gasteiger partial charge >= 0.3 is 0 Å².